The van der Waals surface area contributed by atoms with Crippen LogP contribution in [-0.2, 0) is 14.8 Å². The minimum Gasteiger partial charge on any atom is -0.379 e. The summed E-state index contributed by atoms with van der Waals surface area (Å²) in [6.07, 6.45) is 2.77. The van der Waals surface area contributed by atoms with Crippen molar-refractivity contribution in [3.8, 4) is 0 Å². The SMILES string of the molecule is C[C@H]1C/C(=N/Nc2ccc(S(=O)(=O)N3CCOCC3)cc2[N+](=O)[O-])CC(C)(C)C1. The van der Waals surface area contributed by atoms with Gasteiger partial charge in [0.25, 0.3) is 5.69 Å². The minimum atomic E-state index is -3.81. The maximum absolute atomic E-state index is 12.8. The van der Waals surface area contributed by atoms with Gasteiger partial charge in [0.15, 0.2) is 0 Å². The summed E-state index contributed by atoms with van der Waals surface area (Å²) in [5, 5.41) is 16.0. The van der Waals surface area contributed by atoms with Crippen LogP contribution in [0.1, 0.15) is 40.0 Å². The Bertz CT molecular complexity index is 907. The Morgan fingerprint density at radius 1 is 1.31 bits per heavy atom. The maximum atomic E-state index is 12.8. The molecule has 1 aliphatic heterocycles. The third-order valence-electron chi connectivity index (χ3n) is 5.28. The summed E-state index contributed by atoms with van der Waals surface area (Å²) >= 11 is 0. The molecule has 0 radical (unpaired) electrons. The van der Waals surface area contributed by atoms with E-state index in [0.29, 0.717) is 19.1 Å². The zero-order valence-electron chi connectivity index (χ0n) is 17.1. The monoisotopic (exact) mass is 424 g/mol. The number of morpholine rings is 1. The first kappa shape index (κ1) is 21.7. The number of benzene rings is 1. The topological polar surface area (TPSA) is 114 Å². The predicted octanol–water partition coefficient (Wildman–Crippen LogP) is 3.23. The fraction of sp³-hybridized carbons (Fsp3) is 0.632. The first-order valence-corrected chi connectivity index (χ1v) is 11.2. The van der Waals surface area contributed by atoms with E-state index in [1.54, 1.807) is 0 Å². The van der Waals surface area contributed by atoms with Gasteiger partial charge in [0.05, 0.1) is 23.0 Å². The van der Waals surface area contributed by atoms with Gasteiger partial charge in [0.1, 0.15) is 5.69 Å². The van der Waals surface area contributed by atoms with Crippen LogP contribution in [0, 0.1) is 21.4 Å². The highest BCUT2D eigenvalue weighted by molar-refractivity contribution is 7.89. The number of nitro groups is 1. The number of nitrogens with zero attached hydrogens (tertiary/aromatic N) is 3. The van der Waals surface area contributed by atoms with Crippen LogP contribution >= 0.6 is 0 Å². The van der Waals surface area contributed by atoms with E-state index < -0.39 is 14.9 Å². The highest BCUT2D eigenvalue weighted by Crippen LogP contribution is 2.37. The zero-order chi connectivity index (χ0) is 21.2. The number of nitrogens with one attached hydrogen (secondary N) is 1. The number of hydrazone groups is 1. The van der Waals surface area contributed by atoms with E-state index in [9.17, 15) is 18.5 Å². The molecule has 0 unspecified atom stereocenters. The van der Waals surface area contributed by atoms with E-state index in [1.807, 2.05) is 0 Å². The molecular formula is C19H28N4O5S. The smallest absolute Gasteiger partial charge is 0.295 e. The summed E-state index contributed by atoms with van der Waals surface area (Å²) in [5.41, 5.74) is 3.77. The van der Waals surface area contributed by atoms with Crippen molar-refractivity contribution in [1.82, 2.24) is 4.31 Å². The molecule has 1 aromatic rings. The molecule has 1 saturated carbocycles. The quantitative estimate of drug-likeness (QED) is 0.573. The molecule has 0 spiro atoms. The van der Waals surface area contributed by atoms with E-state index in [2.05, 4.69) is 31.3 Å². The van der Waals surface area contributed by atoms with E-state index >= 15 is 0 Å². The van der Waals surface area contributed by atoms with Crippen molar-refractivity contribution in [3.63, 3.8) is 0 Å². The first-order chi connectivity index (χ1) is 13.6. The number of rotatable bonds is 5. The summed E-state index contributed by atoms with van der Waals surface area (Å²) in [6.45, 7) is 7.64. The molecule has 9 nitrogen and oxygen atoms in total. The molecule has 0 aromatic heterocycles. The fourth-order valence-electron chi connectivity index (χ4n) is 4.19. The number of anilines is 1. The molecule has 1 heterocycles. The molecule has 1 N–H and O–H groups in total. The lowest BCUT2D eigenvalue weighted by molar-refractivity contribution is -0.384. The van der Waals surface area contributed by atoms with Crippen LogP contribution in [0.15, 0.2) is 28.2 Å². The highest BCUT2D eigenvalue weighted by atomic mass is 32.2. The van der Waals surface area contributed by atoms with E-state index in [4.69, 9.17) is 4.74 Å². The summed E-state index contributed by atoms with van der Waals surface area (Å²) < 4.78 is 32.0. The van der Waals surface area contributed by atoms with Crippen molar-refractivity contribution in [2.24, 2.45) is 16.4 Å². The molecular weight excluding hydrogens is 396 g/mol. The lowest BCUT2D eigenvalue weighted by Gasteiger charge is -2.34. The van der Waals surface area contributed by atoms with E-state index in [-0.39, 0.29) is 34.8 Å². The van der Waals surface area contributed by atoms with Gasteiger partial charge in [-0.3, -0.25) is 15.5 Å². The largest absolute Gasteiger partial charge is 0.379 e. The normalized spacial score (nSPS) is 24.4. The van der Waals surface area contributed by atoms with E-state index in [1.165, 1.54) is 16.4 Å². The Hall–Kier alpha value is -2.04. The molecule has 2 aliphatic rings. The molecule has 10 heteroatoms. The van der Waals surface area contributed by atoms with Crippen LogP contribution in [-0.4, -0.2) is 49.7 Å². The zero-order valence-corrected chi connectivity index (χ0v) is 17.9. The third kappa shape index (κ3) is 5.12. The Balaban J connectivity index is 1.85. The molecule has 0 bridgehead atoms. The van der Waals surface area contributed by atoms with Gasteiger partial charge in [-0.05, 0) is 42.7 Å². The van der Waals surface area contributed by atoms with Gasteiger partial charge >= 0.3 is 0 Å². The van der Waals surface area contributed by atoms with E-state index in [0.717, 1.165) is 31.0 Å². The second kappa shape index (κ2) is 8.37. The average molecular weight is 425 g/mol. The van der Waals surface area contributed by atoms with Gasteiger partial charge in [0.2, 0.25) is 10.0 Å². The van der Waals surface area contributed by atoms with Crippen molar-refractivity contribution in [1.29, 1.82) is 0 Å². The maximum Gasteiger partial charge on any atom is 0.295 e. The molecule has 1 atom stereocenters. The molecule has 3 rings (SSSR count). The van der Waals surface area contributed by atoms with Gasteiger partial charge < -0.3 is 4.74 Å². The number of hydrogen-bond acceptors (Lipinski definition) is 7. The van der Waals surface area contributed by atoms with Crippen molar-refractivity contribution in [3.05, 3.63) is 28.3 Å². The number of ether oxygens (including phenoxy) is 1. The lowest BCUT2D eigenvalue weighted by Crippen LogP contribution is -2.40. The molecule has 1 saturated heterocycles. The van der Waals surface area contributed by atoms with Crippen molar-refractivity contribution in [2.75, 3.05) is 31.7 Å². The van der Waals surface area contributed by atoms with Gasteiger partial charge in [-0.25, -0.2) is 8.42 Å². The molecule has 1 aromatic carbocycles. The number of sulfonamides is 1. The van der Waals surface area contributed by atoms with Crippen molar-refractivity contribution < 1.29 is 18.1 Å². The lowest BCUT2D eigenvalue weighted by atomic mass is 9.72. The Kier molecular flexibility index (Phi) is 6.25. The van der Waals surface area contributed by atoms with Gasteiger partial charge in [-0.1, -0.05) is 20.8 Å². The summed E-state index contributed by atoms with van der Waals surface area (Å²) in [6, 6.07) is 3.89. The van der Waals surface area contributed by atoms with Crippen LogP contribution in [0.2, 0.25) is 0 Å². The average Bonchev–Trinajstić information content (AvgIpc) is 2.65. The molecule has 0 amide bonds. The van der Waals surface area contributed by atoms with Crippen LogP contribution in [0.5, 0.6) is 0 Å². The number of hydrogen-bond donors (Lipinski definition) is 1. The number of nitro benzene ring substituents is 1. The van der Waals surface area contributed by atoms with Crippen LogP contribution < -0.4 is 5.43 Å². The summed E-state index contributed by atoms with van der Waals surface area (Å²) in [5.74, 6) is 0.496. The highest BCUT2D eigenvalue weighted by Gasteiger charge is 2.31. The van der Waals surface area contributed by atoms with Crippen molar-refractivity contribution in [2.45, 2.75) is 44.9 Å². The first-order valence-electron chi connectivity index (χ1n) is 9.76. The standard InChI is InChI=1S/C19H28N4O5S/c1-14-10-15(13-19(2,3)12-14)20-21-17-5-4-16(11-18(17)23(24)25)29(26,27)22-6-8-28-9-7-22/h4-5,11,14,21H,6-10,12-13H2,1-3H3/b20-15-/t14-/m0/s1. The fourth-order valence-corrected chi connectivity index (χ4v) is 5.62. The molecule has 2 fully saturated rings. The Morgan fingerprint density at radius 2 is 2.00 bits per heavy atom. The van der Waals surface area contributed by atoms with Gasteiger partial charge in [-0.15, -0.1) is 0 Å². The molecule has 1 aliphatic carbocycles. The second-order valence-electron chi connectivity index (χ2n) is 8.60. The van der Waals surface area contributed by atoms with Gasteiger partial charge in [0, 0.05) is 24.9 Å². The predicted molar refractivity (Wildman–Crippen MR) is 111 cm³/mol. The molecule has 160 valence electrons. The second-order valence-corrected chi connectivity index (χ2v) is 10.5. The van der Waals surface area contributed by atoms with Crippen LogP contribution in [0.25, 0.3) is 0 Å². The Morgan fingerprint density at radius 3 is 2.62 bits per heavy atom. The molecule has 29 heavy (non-hydrogen) atoms. The summed E-state index contributed by atoms with van der Waals surface area (Å²) in [4.78, 5) is 10.9. The van der Waals surface area contributed by atoms with Gasteiger partial charge in [-0.2, -0.15) is 9.41 Å². The van der Waals surface area contributed by atoms with Crippen molar-refractivity contribution >= 4 is 27.1 Å². The Labute approximate surface area is 171 Å². The van der Waals surface area contributed by atoms with Crippen LogP contribution in [0.4, 0.5) is 11.4 Å². The summed E-state index contributed by atoms with van der Waals surface area (Å²) in [7, 11) is -3.81. The third-order valence-corrected chi connectivity index (χ3v) is 7.17. The van der Waals surface area contributed by atoms with Crippen LogP contribution in [0.3, 0.4) is 0 Å². The minimum absolute atomic E-state index is 0.100.